The van der Waals surface area contributed by atoms with Gasteiger partial charge in [-0.1, -0.05) is 24.3 Å². The maximum absolute atomic E-state index is 11.9. The number of hydrazone groups is 1. The van der Waals surface area contributed by atoms with Gasteiger partial charge in [0.05, 0.1) is 18.9 Å². The van der Waals surface area contributed by atoms with Crippen LogP contribution in [0.25, 0.3) is 0 Å². The fourth-order valence-electron chi connectivity index (χ4n) is 2.83. The second-order valence-corrected chi connectivity index (χ2v) is 6.48. The molecule has 1 amide bonds. The number of carbonyl (C=O) groups excluding carboxylic acids is 1. The Kier molecular flexibility index (Phi) is 6.44. The van der Waals surface area contributed by atoms with Crippen LogP contribution in [0.3, 0.4) is 0 Å². The molecule has 0 aromatic heterocycles. The number of nitrogens with one attached hydrogen (secondary N) is 1. The van der Waals surface area contributed by atoms with E-state index in [1.807, 2.05) is 50.2 Å². The average Bonchev–Trinajstić information content (AvgIpc) is 2.71. The first-order chi connectivity index (χ1) is 13.1. The van der Waals surface area contributed by atoms with E-state index in [1.54, 1.807) is 0 Å². The van der Waals surface area contributed by atoms with Crippen LogP contribution in [0.4, 0.5) is 5.69 Å². The smallest absolute Gasteiger partial charge is 0.277 e. The maximum Gasteiger partial charge on any atom is 0.277 e. The van der Waals surface area contributed by atoms with Gasteiger partial charge < -0.3 is 14.4 Å². The summed E-state index contributed by atoms with van der Waals surface area (Å²) < 4.78 is 10.9. The normalized spacial score (nSPS) is 14.7. The molecule has 2 aromatic carbocycles. The third kappa shape index (κ3) is 5.56. The van der Waals surface area contributed by atoms with Crippen molar-refractivity contribution < 1.29 is 14.3 Å². The lowest BCUT2D eigenvalue weighted by molar-refractivity contribution is -0.123. The maximum atomic E-state index is 11.9. The van der Waals surface area contributed by atoms with Crippen LogP contribution in [0.5, 0.6) is 5.75 Å². The highest BCUT2D eigenvalue weighted by molar-refractivity contribution is 5.99. The first-order valence-electron chi connectivity index (χ1n) is 9.07. The molecular weight excluding hydrogens is 342 g/mol. The van der Waals surface area contributed by atoms with Crippen molar-refractivity contribution in [1.29, 1.82) is 0 Å². The van der Waals surface area contributed by atoms with E-state index in [4.69, 9.17) is 9.47 Å². The minimum Gasteiger partial charge on any atom is -0.484 e. The van der Waals surface area contributed by atoms with Gasteiger partial charge >= 0.3 is 0 Å². The van der Waals surface area contributed by atoms with Gasteiger partial charge in [-0.3, -0.25) is 4.79 Å². The van der Waals surface area contributed by atoms with Gasteiger partial charge in [-0.2, -0.15) is 5.10 Å². The van der Waals surface area contributed by atoms with E-state index in [0.29, 0.717) is 5.75 Å². The third-order valence-corrected chi connectivity index (χ3v) is 4.37. The monoisotopic (exact) mass is 367 g/mol. The number of hydrogen-bond donors (Lipinski definition) is 1. The molecule has 1 aliphatic heterocycles. The number of rotatable bonds is 6. The largest absolute Gasteiger partial charge is 0.484 e. The lowest BCUT2D eigenvalue weighted by Gasteiger charge is -2.28. The summed E-state index contributed by atoms with van der Waals surface area (Å²) in [4.78, 5) is 14.2. The van der Waals surface area contributed by atoms with Gasteiger partial charge in [0, 0.05) is 18.8 Å². The number of nitrogens with zero attached hydrogens (tertiary/aromatic N) is 2. The second-order valence-electron chi connectivity index (χ2n) is 6.48. The Bertz CT molecular complexity index is 797. The standard InChI is InChI=1S/C21H25N3O3/c1-16-4-3-5-20(14-16)27-15-21(25)23-22-17(2)18-6-8-19(9-7-18)24-10-12-26-13-11-24/h3-9,14H,10-13,15H2,1-2H3,(H,23,25)/b22-17-. The zero-order valence-corrected chi connectivity index (χ0v) is 15.8. The zero-order valence-electron chi connectivity index (χ0n) is 15.8. The molecule has 1 N–H and O–H groups in total. The summed E-state index contributed by atoms with van der Waals surface area (Å²) in [6.45, 7) is 7.11. The summed E-state index contributed by atoms with van der Waals surface area (Å²) >= 11 is 0. The molecule has 6 nitrogen and oxygen atoms in total. The van der Waals surface area contributed by atoms with Crippen LogP contribution in [-0.2, 0) is 9.53 Å². The molecule has 6 heteroatoms. The van der Waals surface area contributed by atoms with E-state index in [9.17, 15) is 4.79 Å². The highest BCUT2D eigenvalue weighted by Gasteiger charge is 2.11. The minimum absolute atomic E-state index is 0.0732. The van der Waals surface area contributed by atoms with Crippen molar-refractivity contribution >= 4 is 17.3 Å². The van der Waals surface area contributed by atoms with Gasteiger partial charge in [0.25, 0.3) is 5.91 Å². The quantitative estimate of drug-likeness (QED) is 0.630. The molecule has 1 aliphatic rings. The molecule has 0 spiro atoms. The van der Waals surface area contributed by atoms with Gasteiger partial charge in [0.15, 0.2) is 6.61 Å². The van der Waals surface area contributed by atoms with Crippen LogP contribution in [0.15, 0.2) is 53.6 Å². The van der Waals surface area contributed by atoms with E-state index in [0.717, 1.165) is 43.1 Å². The van der Waals surface area contributed by atoms with E-state index in [2.05, 4.69) is 27.6 Å². The number of morpholine rings is 1. The Hall–Kier alpha value is -2.86. The molecule has 1 saturated heterocycles. The van der Waals surface area contributed by atoms with Crippen molar-refractivity contribution in [3.8, 4) is 5.75 Å². The summed E-state index contributed by atoms with van der Waals surface area (Å²) in [6.07, 6.45) is 0. The number of aryl methyl sites for hydroxylation is 1. The molecule has 142 valence electrons. The topological polar surface area (TPSA) is 63.2 Å². The molecule has 0 radical (unpaired) electrons. The molecular formula is C21H25N3O3. The number of carbonyl (C=O) groups is 1. The number of hydrogen-bond acceptors (Lipinski definition) is 5. The SMILES string of the molecule is C/C(=N/NC(=O)COc1cccc(C)c1)c1ccc(N2CCOCC2)cc1. The Morgan fingerprint density at radius 2 is 1.93 bits per heavy atom. The molecule has 27 heavy (non-hydrogen) atoms. The van der Waals surface area contributed by atoms with Crippen LogP contribution < -0.4 is 15.1 Å². The fraction of sp³-hybridized carbons (Fsp3) is 0.333. The van der Waals surface area contributed by atoms with E-state index < -0.39 is 0 Å². The summed E-state index contributed by atoms with van der Waals surface area (Å²) in [5.74, 6) is 0.380. The number of anilines is 1. The molecule has 0 atom stereocenters. The Balaban J connectivity index is 1.51. The van der Waals surface area contributed by atoms with Crippen LogP contribution >= 0.6 is 0 Å². The number of amides is 1. The van der Waals surface area contributed by atoms with Gasteiger partial charge in [-0.05, 0) is 49.2 Å². The average molecular weight is 367 g/mol. The summed E-state index contributed by atoms with van der Waals surface area (Å²) in [5.41, 5.74) is 6.51. The van der Waals surface area contributed by atoms with E-state index in [1.165, 1.54) is 5.69 Å². The molecule has 2 aromatic rings. The van der Waals surface area contributed by atoms with Crippen molar-refractivity contribution in [1.82, 2.24) is 5.43 Å². The molecule has 0 bridgehead atoms. The molecule has 1 heterocycles. The zero-order chi connectivity index (χ0) is 19.1. The van der Waals surface area contributed by atoms with E-state index in [-0.39, 0.29) is 12.5 Å². The van der Waals surface area contributed by atoms with Gasteiger partial charge in [0.2, 0.25) is 0 Å². The highest BCUT2D eigenvalue weighted by atomic mass is 16.5. The predicted molar refractivity (Wildman–Crippen MR) is 107 cm³/mol. The predicted octanol–water partition coefficient (Wildman–Crippen LogP) is 2.75. The molecule has 3 rings (SSSR count). The van der Waals surface area contributed by atoms with Crippen LogP contribution in [0.1, 0.15) is 18.1 Å². The molecule has 0 unspecified atom stereocenters. The van der Waals surface area contributed by atoms with Crippen LogP contribution in [0.2, 0.25) is 0 Å². The van der Waals surface area contributed by atoms with Crippen molar-refractivity contribution in [3.63, 3.8) is 0 Å². The Morgan fingerprint density at radius 3 is 2.63 bits per heavy atom. The Morgan fingerprint density at radius 1 is 1.19 bits per heavy atom. The van der Waals surface area contributed by atoms with Gasteiger partial charge in [-0.15, -0.1) is 0 Å². The van der Waals surface area contributed by atoms with Crippen molar-refractivity contribution in [2.45, 2.75) is 13.8 Å². The fourth-order valence-corrected chi connectivity index (χ4v) is 2.83. The Labute approximate surface area is 159 Å². The number of ether oxygens (including phenoxy) is 2. The third-order valence-electron chi connectivity index (χ3n) is 4.37. The van der Waals surface area contributed by atoms with Crippen LogP contribution in [-0.4, -0.2) is 44.5 Å². The van der Waals surface area contributed by atoms with Crippen molar-refractivity contribution in [2.24, 2.45) is 5.10 Å². The molecule has 1 fully saturated rings. The lowest BCUT2D eigenvalue weighted by atomic mass is 10.1. The molecule has 0 saturated carbocycles. The lowest BCUT2D eigenvalue weighted by Crippen LogP contribution is -2.36. The van der Waals surface area contributed by atoms with Gasteiger partial charge in [0.1, 0.15) is 5.75 Å². The van der Waals surface area contributed by atoms with E-state index >= 15 is 0 Å². The first kappa shape index (κ1) is 18.9. The summed E-state index contributed by atoms with van der Waals surface area (Å²) in [6, 6.07) is 15.8. The van der Waals surface area contributed by atoms with Crippen LogP contribution in [0, 0.1) is 6.92 Å². The summed E-state index contributed by atoms with van der Waals surface area (Å²) in [7, 11) is 0. The minimum atomic E-state index is -0.291. The highest BCUT2D eigenvalue weighted by Crippen LogP contribution is 2.17. The van der Waals surface area contributed by atoms with Crippen molar-refractivity contribution in [3.05, 3.63) is 59.7 Å². The first-order valence-corrected chi connectivity index (χ1v) is 9.07. The number of benzene rings is 2. The second kappa shape index (κ2) is 9.19. The van der Waals surface area contributed by atoms with Gasteiger partial charge in [-0.25, -0.2) is 5.43 Å². The summed E-state index contributed by atoms with van der Waals surface area (Å²) in [5, 5.41) is 4.17. The van der Waals surface area contributed by atoms with Crippen molar-refractivity contribution in [2.75, 3.05) is 37.8 Å². The molecule has 0 aliphatic carbocycles.